The Kier molecular flexibility index (Phi) is 5.18. The van der Waals surface area contributed by atoms with Gasteiger partial charge in [-0.3, -0.25) is 9.80 Å². The lowest BCUT2D eigenvalue weighted by Crippen LogP contribution is -2.46. The fourth-order valence-electron chi connectivity index (χ4n) is 2.29. The molecule has 0 aromatic heterocycles. The van der Waals surface area contributed by atoms with Crippen molar-refractivity contribution in [3.8, 4) is 0 Å². The molecule has 0 unspecified atom stereocenters. The van der Waals surface area contributed by atoms with Gasteiger partial charge in [0.2, 0.25) is 0 Å². The number of hydrogen-bond acceptors (Lipinski definition) is 4. The van der Waals surface area contributed by atoms with Crippen LogP contribution in [0, 0.1) is 0 Å². The highest BCUT2D eigenvalue weighted by Gasteiger charge is 2.16. The summed E-state index contributed by atoms with van der Waals surface area (Å²) in [6, 6.07) is 10.5. The van der Waals surface area contributed by atoms with Crippen LogP contribution in [0.3, 0.4) is 0 Å². The summed E-state index contributed by atoms with van der Waals surface area (Å²) in [4.78, 5) is 15.2. The van der Waals surface area contributed by atoms with Gasteiger partial charge in [0, 0.05) is 39.3 Å². The summed E-state index contributed by atoms with van der Waals surface area (Å²) in [7, 11) is 0. The molecule has 1 aromatic rings. The van der Waals surface area contributed by atoms with Crippen LogP contribution in [0.2, 0.25) is 0 Å². The molecular weight excluding hydrogens is 242 g/mol. The Morgan fingerprint density at radius 2 is 1.74 bits per heavy atom. The van der Waals surface area contributed by atoms with Gasteiger partial charge in [-0.2, -0.15) is 0 Å². The van der Waals surface area contributed by atoms with Crippen LogP contribution in [0.1, 0.15) is 5.56 Å². The SMILES string of the molecule is NC(=O)OCCN1CCN(Cc2ccccc2)CC1. The average molecular weight is 263 g/mol. The Morgan fingerprint density at radius 3 is 2.37 bits per heavy atom. The third kappa shape index (κ3) is 4.89. The number of benzene rings is 1. The molecule has 1 heterocycles. The molecule has 5 nitrogen and oxygen atoms in total. The number of piperazine rings is 1. The zero-order chi connectivity index (χ0) is 13.5. The Morgan fingerprint density at radius 1 is 1.11 bits per heavy atom. The molecule has 0 saturated carbocycles. The van der Waals surface area contributed by atoms with Crippen LogP contribution >= 0.6 is 0 Å². The van der Waals surface area contributed by atoms with Crippen molar-refractivity contribution in [3.05, 3.63) is 35.9 Å². The summed E-state index contributed by atoms with van der Waals surface area (Å²) in [5, 5.41) is 0. The number of carbonyl (C=O) groups is 1. The van der Waals surface area contributed by atoms with Crippen molar-refractivity contribution in [1.29, 1.82) is 0 Å². The molecule has 1 aliphatic heterocycles. The van der Waals surface area contributed by atoms with E-state index in [1.54, 1.807) is 0 Å². The van der Waals surface area contributed by atoms with Gasteiger partial charge in [0.25, 0.3) is 0 Å². The van der Waals surface area contributed by atoms with Gasteiger partial charge in [-0.15, -0.1) is 0 Å². The molecule has 1 aliphatic rings. The van der Waals surface area contributed by atoms with Crippen molar-refractivity contribution in [1.82, 2.24) is 9.80 Å². The maximum atomic E-state index is 10.5. The van der Waals surface area contributed by atoms with E-state index in [-0.39, 0.29) is 0 Å². The largest absolute Gasteiger partial charge is 0.448 e. The Balaban J connectivity index is 1.66. The van der Waals surface area contributed by atoms with Crippen LogP contribution in [0.4, 0.5) is 4.79 Å². The quantitative estimate of drug-likeness (QED) is 0.857. The maximum absolute atomic E-state index is 10.5. The average Bonchev–Trinajstić information content (AvgIpc) is 2.42. The Labute approximate surface area is 113 Å². The number of nitrogens with zero attached hydrogens (tertiary/aromatic N) is 2. The van der Waals surface area contributed by atoms with Crippen molar-refractivity contribution in [2.75, 3.05) is 39.3 Å². The van der Waals surface area contributed by atoms with Crippen LogP contribution in [0.25, 0.3) is 0 Å². The van der Waals surface area contributed by atoms with Crippen LogP contribution in [0.5, 0.6) is 0 Å². The second-order valence-corrected chi connectivity index (χ2v) is 4.77. The van der Waals surface area contributed by atoms with Crippen molar-refractivity contribution >= 4 is 6.09 Å². The van der Waals surface area contributed by atoms with Crippen molar-refractivity contribution in [2.45, 2.75) is 6.54 Å². The van der Waals surface area contributed by atoms with E-state index in [0.29, 0.717) is 6.61 Å². The lowest BCUT2D eigenvalue weighted by atomic mass is 10.2. The highest BCUT2D eigenvalue weighted by atomic mass is 16.5. The predicted octanol–water partition coefficient (Wildman–Crippen LogP) is 0.899. The Hall–Kier alpha value is -1.59. The molecule has 1 amide bonds. The first-order valence-corrected chi connectivity index (χ1v) is 6.65. The molecule has 0 radical (unpaired) electrons. The van der Waals surface area contributed by atoms with E-state index in [0.717, 1.165) is 39.3 Å². The number of carbonyl (C=O) groups excluding carboxylic acids is 1. The van der Waals surface area contributed by atoms with E-state index < -0.39 is 6.09 Å². The van der Waals surface area contributed by atoms with E-state index in [1.165, 1.54) is 5.56 Å². The minimum atomic E-state index is -0.692. The van der Waals surface area contributed by atoms with Crippen LogP contribution in [-0.2, 0) is 11.3 Å². The molecule has 1 fully saturated rings. The number of nitrogens with two attached hydrogens (primary N) is 1. The summed E-state index contributed by atoms with van der Waals surface area (Å²) in [6.07, 6.45) is -0.692. The summed E-state index contributed by atoms with van der Waals surface area (Å²) in [6.45, 7) is 6.27. The number of amides is 1. The predicted molar refractivity (Wildman–Crippen MR) is 73.7 cm³/mol. The molecule has 104 valence electrons. The Bertz CT molecular complexity index is 389. The smallest absolute Gasteiger partial charge is 0.404 e. The topological polar surface area (TPSA) is 58.8 Å². The van der Waals surface area contributed by atoms with Gasteiger partial charge in [-0.25, -0.2) is 4.79 Å². The highest BCUT2D eigenvalue weighted by molar-refractivity contribution is 5.64. The van der Waals surface area contributed by atoms with Crippen LogP contribution < -0.4 is 5.73 Å². The minimum absolute atomic E-state index is 0.383. The highest BCUT2D eigenvalue weighted by Crippen LogP contribution is 2.08. The van der Waals surface area contributed by atoms with E-state index in [4.69, 9.17) is 10.5 Å². The molecule has 1 aromatic carbocycles. The standard InChI is InChI=1S/C14H21N3O2/c15-14(18)19-11-10-16-6-8-17(9-7-16)12-13-4-2-1-3-5-13/h1-5H,6-12H2,(H2,15,18). The monoisotopic (exact) mass is 263 g/mol. The fraction of sp³-hybridized carbons (Fsp3) is 0.500. The second-order valence-electron chi connectivity index (χ2n) is 4.77. The minimum Gasteiger partial charge on any atom is -0.448 e. The first kappa shape index (κ1) is 13.8. The summed E-state index contributed by atoms with van der Waals surface area (Å²) < 4.78 is 4.75. The van der Waals surface area contributed by atoms with Crippen molar-refractivity contribution in [3.63, 3.8) is 0 Å². The van der Waals surface area contributed by atoms with Crippen molar-refractivity contribution in [2.24, 2.45) is 5.73 Å². The van der Waals surface area contributed by atoms with Gasteiger partial charge < -0.3 is 10.5 Å². The molecule has 2 rings (SSSR count). The first-order chi connectivity index (χ1) is 9.24. The molecule has 5 heteroatoms. The molecule has 19 heavy (non-hydrogen) atoms. The molecule has 0 atom stereocenters. The molecule has 0 spiro atoms. The number of hydrogen-bond donors (Lipinski definition) is 1. The number of primary amides is 1. The molecule has 2 N–H and O–H groups in total. The van der Waals surface area contributed by atoms with E-state index in [2.05, 4.69) is 34.1 Å². The molecule has 1 saturated heterocycles. The van der Waals surface area contributed by atoms with Gasteiger partial charge in [-0.1, -0.05) is 30.3 Å². The molecule has 0 bridgehead atoms. The zero-order valence-corrected chi connectivity index (χ0v) is 11.1. The third-order valence-corrected chi connectivity index (χ3v) is 3.37. The molecule has 0 aliphatic carbocycles. The molecular formula is C14H21N3O2. The normalized spacial score (nSPS) is 17.3. The maximum Gasteiger partial charge on any atom is 0.404 e. The second kappa shape index (κ2) is 7.11. The van der Waals surface area contributed by atoms with Crippen LogP contribution in [-0.4, -0.2) is 55.2 Å². The van der Waals surface area contributed by atoms with Gasteiger partial charge in [-0.05, 0) is 5.56 Å². The lowest BCUT2D eigenvalue weighted by molar-refractivity contribution is 0.0960. The van der Waals surface area contributed by atoms with Gasteiger partial charge in [0.15, 0.2) is 0 Å². The summed E-state index contributed by atoms with van der Waals surface area (Å²) in [5.74, 6) is 0. The third-order valence-electron chi connectivity index (χ3n) is 3.37. The number of rotatable bonds is 5. The van der Waals surface area contributed by atoms with Crippen molar-refractivity contribution < 1.29 is 9.53 Å². The van der Waals surface area contributed by atoms with Gasteiger partial charge >= 0.3 is 6.09 Å². The summed E-state index contributed by atoms with van der Waals surface area (Å²) in [5.41, 5.74) is 6.28. The van der Waals surface area contributed by atoms with E-state index >= 15 is 0 Å². The summed E-state index contributed by atoms with van der Waals surface area (Å²) >= 11 is 0. The zero-order valence-electron chi connectivity index (χ0n) is 11.1. The van der Waals surface area contributed by atoms with E-state index in [9.17, 15) is 4.79 Å². The van der Waals surface area contributed by atoms with Crippen LogP contribution in [0.15, 0.2) is 30.3 Å². The lowest BCUT2D eigenvalue weighted by Gasteiger charge is -2.34. The van der Waals surface area contributed by atoms with E-state index in [1.807, 2.05) is 6.07 Å². The first-order valence-electron chi connectivity index (χ1n) is 6.65. The van der Waals surface area contributed by atoms with Gasteiger partial charge in [0.05, 0.1) is 0 Å². The van der Waals surface area contributed by atoms with Gasteiger partial charge in [0.1, 0.15) is 6.61 Å². The number of ether oxygens (including phenoxy) is 1. The fourth-order valence-corrected chi connectivity index (χ4v) is 2.29.